The van der Waals surface area contributed by atoms with E-state index < -0.39 is 0 Å². The Hall–Kier alpha value is -2.88. The number of ether oxygens (including phenoxy) is 1. The highest BCUT2D eigenvalue weighted by atomic mass is 16.5. The lowest BCUT2D eigenvalue weighted by Gasteiger charge is -2.10. The number of nitrogens with one attached hydrogen (secondary N) is 1. The van der Waals surface area contributed by atoms with E-state index in [2.05, 4.69) is 21.5 Å². The van der Waals surface area contributed by atoms with Crippen molar-refractivity contribution >= 4 is 11.6 Å². The Morgan fingerprint density at radius 1 is 1.33 bits per heavy atom. The van der Waals surface area contributed by atoms with Crippen molar-refractivity contribution in [1.29, 1.82) is 5.26 Å². The number of anilines is 1. The second kappa shape index (κ2) is 9.72. The average Bonchev–Trinajstić information content (AvgIpc) is 3.08. The van der Waals surface area contributed by atoms with E-state index in [4.69, 9.17) is 14.5 Å². The highest BCUT2D eigenvalue weighted by molar-refractivity contribution is 5.90. The number of benzene rings is 1. The van der Waals surface area contributed by atoms with E-state index in [-0.39, 0.29) is 11.3 Å². The Labute approximate surface area is 159 Å². The van der Waals surface area contributed by atoms with Gasteiger partial charge in [-0.05, 0) is 25.0 Å². The van der Waals surface area contributed by atoms with Gasteiger partial charge in [-0.2, -0.15) is 10.2 Å². The average molecular weight is 370 g/mol. The molecule has 0 saturated carbocycles. The maximum Gasteiger partial charge on any atom is 0.226 e. The van der Waals surface area contributed by atoms with Gasteiger partial charge in [-0.3, -0.25) is 4.79 Å². The van der Waals surface area contributed by atoms with Gasteiger partial charge in [0.25, 0.3) is 0 Å². The van der Waals surface area contributed by atoms with Crippen LogP contribution in [0.15, 0.2) is 28.8 Å². The van der Waals surface area contributed by atoms with Crippen LogP contribution in [0.3, 0.4) is 0 Å². The molecular formula is C20H26N4O3. The number of unbranched alkanes of at least 4 members (excludes halogenated alkanes) is 1. The van der Waals surface area contributed by atoms with E-state index >= 15 is 0 Å². The minimum Gasteiger partial charge on any atom is -0.493 e. The van der Waals surface area contributed by atoms with Gasteiger partial charge in [0.1, 0.15) is 5.75 Å². The molecule has 0 unspecified atom stereocenters. The van der Waals surface area contributed by atoms with Gasteiger partial charge in [0.15, 0.2) is 5.82 Å². The molecule has 7 heteroatoms. The number of aromatic nitrogens is 2. The molecule has 27 heavy (non-hydrogen) atoms. The number of carbonyl (C=O) groups is 1. The molecule has 0 saturated heterocycles. The molecule has 1 N–H and O–H groups in total. The molecule has 7 nitrogen and oxygen atoms in total. The van der Waals surface area contributed by atoms with Crippen LogP contribution in [0.25, 0.3) is 0 Å². The molecule has 2 aromatic rings. The molecule has 0 aliphatic carbocycles. The largest absolute Gasteiger partial charge is 0.493 e. The molecule has 0 bridgehead atoms. The van der Waals surface area contributed by atoms with Crippen molar-refractivity contribution in [2.24, 2.45) is 0 Å². The van der Waals surface area contributed by atoms with Crippen molar-refractivity contribution in [1.82, 2.24) is 10.1 Å². The summed E-state index contributed by atoms with van der Waals surface area (Å²) in [5.41, 5.74) is 0.534. The molecule has 1 aromatic heterocycles. The summed E-state index contributed by atoms with van der Waals surface area (Å²) >= 11 is 0. The molecule has 0 aliphatic heterocycles. The summed E-state index contributed by atoms with van der Waals surface area (Å²) in [5.74, 6) is 1.83. The van der Waals surface area contributed by atoms with Gasteiger partial charge in [0, 0.05) is 36.4 Å². The van der Waals surface area contributed by atoms with Gasteiger partial charge in [0.05, 0.1) is 12.7 Å². The van der Waals surface area contributed by atoms with E-state index in [1.165, 1.54) is 0 Å². The zero-order valence-electron chi connectivity index (χ0n) is 16.1. The van der Waals surface area contributed by atoms with Crippen LogP contribution >= 0.6 is 0 Å². The predicted molar refractivity (Wildman–Crippen MR) is 101 cm³/mol. The van der Waals surface area contributed by atoms with Gasteiger partial charge in [0.2, 0.25) is 11.8 Å². The first-order valence-corrected chi connectivity index (χ1v) is 9.11. The summed E-state index contributed by atoms with van der Waals surface area (Å²) in [6.07, 6.45) is 2.70. The highest BCUT2D eigenvalue weighted by Gasteiger charge is 2.20. The second-order valence-corrected chi connectivity index (χ2v) is 7.30. The lowest BCUT2D eigenvalue weighted by Crippen LogP contribution is -2.13. The van der Waals surface area contributed by atoms with Gasteiger partial charge in [-0.1, -0.05) is 32.0 Å². The topological polar surface area (TPSA) is 101 Å². The van der Waals surface area contributed by atoms with Crippen LogP contribution in [0.5, 0.6) is 5.75 Å². The third-order valence-electron chi connectivity index (χ3n) is 3.75. The second-order valence-electron chi connectivity index (χ2n) is 7.30. The third-order valence-corrected chi connectivity index (χ3v) is 3.75. The molecule has 0 radical (unpaired) electrons. The third kappa shape index (κ3) is 7.10. The fraction of sp³-hybridized carbons (Fsp3) is 0.500. The van der Waals surface area contributed by atoms with Gasteiger partial charge in [-0.25, -0.2) is 0 Å². The van der Waals surface area contributed by atoms with Gasteiger partial charge in [-0.15, -0.1) is 0 Å². The van der Waals surface area contributed by atoms with E-state index in [0.29, 0.717) is 61.9 Å². The Balaban J connectivity index is 1.75. The molecule has 0 fully saturated rings. The number of amides is 1. The normalized spacial score (nSPS) is 11.0. The number of nitriles is 1. The Bertz CT molecular complexity index is 787. The summed E-state index contributed by atoms with van der Waals surface area (Å²) in [6, 6.07) is 9.31. The Kier molecular flexibility index (Phi) is 7.35. The van der Waals surface area contributed by atoms with E-state index in [0.717, 1.165) is 0 Å². The van der Waals surface area contributed by atoms with Crippen LogP contribution in [-0.4, -0.2) is 22.7 Å². The minimum absolute atomic E-state index is 0.0767. The van der Waals surface area contributed by atoms with E-state index in [1.807, 2.05) is 39.0 Å². The molecule has 144 valence electrons. The summed E-state index contributed by atoms with van der Waals surface area (Å²) in [5, 5.41) is 15.4. The Morgan fingerprint density at radius 2 is 2.15 bits per heavy atom. The standard InChI is InChI=1S/C20H26N4O3/c1-20(2,3)19-23-18(27-24-19)11-7-10-17(25)22-15-8-6-9-16(14-15)26-13-5-4-12-21/h6,8-9,14H,4-5,7,10-11,13H2,1-3H3,(H,22,25). The van der Waals surface area contributed by atoms with Crippen LogP contribution in [0.1, 0.15) is 58.2 Å². The van der Waals surface area contributed by atoms with Crippen molar-refractivity contribution in [3.8, 4) is 11.8 Å². The first-order chi connectivity index (χ1) is 12.9. The molecule has 0 spiro atoms. The van der Waals surface area contributed by atoms with Crippen molar-refractivity contribution in [2.45, 2.75) is 58.3 Å². The van der Waals surface area contributed by atoms with Crippen molar-refractivity contribution in [2.75, 3.05) is 11.9 Å². The molecule has 1 aromatic carbocycles. The van der Waals surface area contributed by atoms with Crippen molar-refractivity contribution < 1.29 is 14.1 Å². The summed E-state index contributed by atoms with van der Waals surface area (Å²) in [6.45, 7) is 6.55. The van der Waals surface area contributed by atoms with Gasteiger partial charge < -0.3 is 14.6 Å². The van der Waals surface area contributed by atoms with Crippen molar-refractivity contribution in [3.05, 3.63) is 36.0 Å². The lowest BCUT2D eigenvalue weighted by molar-refractivity contribution is -0.116. The SMILES string of the molecule is CC(C)(C)c1noc(CCCC(=O)Nc2cccc(OCCCC#N)c2)n1. The van der Waals surface area contributed by atoms with E-state index in [9.17, 15) is 4.79 Å². The molecule has 0 atom stereocenters. The first-order valence-electron chi connectivity index (χ1n) is 9.11. The van der Waals surface area contributed by atoms with Crippen LogP contribution in [-0.2, 0) is 16.6 Å². The monoisotopic (exact) mass is 370 g/mol. The van der Waals surface area contributed by atoms with Gasteiger partial charge >= 0.3 is 0 Å². The summed E-state index contributed by atoms with van der Waals surface area (Å²) in [7, 11) is 0. The number of carbonyl (C=O) groups excluding carboxylic acids is 1. The zero-order chi connectivity index (χ0) is 19.7. The van der Waals surface area contributed by atoms with E-state index in [1.54, 1.807) is 6.07 Å². The number of hydrogen-bond donors (Lipinski definition) is 1. The number of nitrogens with zero attached hydrogens (tertiary/aromatic N) is 3. The first kappa shape index (κ1) is 20.4. The number of hydrogen-bond acceptors (Lipinski definition) is 6. The van der Waals surface area contributed by atoms with Crippen LogP contribution in [0, 0.1) is 11.3 Å². The quantitative estimate of drug-likeness (QED) is 0.669. The molecule has 1 amide bonds. The van der Waals surface area contributed by atoms with Crippen LogP contribution < -0.4 is 10.1 Å². The Morgan fingerprint density at radius 3 is 2.85 bits per heavy atom. The number of aryl methyl sites for hydroxylation is 1. The fourth-order valence-corrected chi connectivity index (χ4v) is 2.29. The zero-order valence-corrected chi connectivity index (χ0v) is 16.1. The molecule has 2 rings (SSSR count). The predicted octanol–water partition coefficient (Wildman–Crippen LogP) is 4.01. The van der Waals surface area contributed by atoms with Crippen molar-refractivity contribution in [3.63, 3.8) is 0 Å². The fourth-order valence-electron chi connectivity index (χ4n) is 2.29. The van der Waals surface area contributed by atoms with Crippen LogP contribution in [0.4, 0.5) is 5.69 Å². The maximum absolute atomic E-state index is 12.1. The number of rotatable bonds is 9. The minimum atomic E-state index is -0.152. The molecule has 1 heterocycles. The lowest BCUT2D eigenvalue weighted by atomic mass is 9.96. The van der Waals surface area contributed by atoms with Crippen LogP contribution in [0.2, 0.25) is 0 Å². The molecular weight excluding hydrogens is 344 g/mol. The summed E-state index contributed by atoms with van der Waals surface area (Å²) < 4.78 is 10.8. The summed E-state index contributed by atoms with van der Waals surface area (Å²) in [4.78, 5) is 16.5. The smallest absolute Gasteiger partial charge is 0.226 e. The molecule has 0 aliphatic rings. The maximum atomic E-state index is 12.1. The highest BCUT2D eigenvalue weighted by Crippen LogP contribution is 2.20.